The Kier molecular flexibility index (Phi) is 5.10. The van der Waals surface area contributed by atoms with E-state index in [2.05, 4.69) is 177 Å². The number of aromatic nitrogens is 4. The van der Waals surface area contributed by atoms with Gasteiger partial charge in [-0.05, 0) is 96.8 Å². The van der Waals surface area contributed by atoms with Gasteiger partial charge in [-0.2, -0.15) is 0 Å². The third-order valence-electron chi connectivity index (χ3n) is 9.91. The van der Waals surface area contributed by atoms with Gasteiger partial charge in [-0.15, -0.1) is 0 Å². The minimum Gasteiger partial charge on any atom is -0.294 e. The molecule has 0 spiro atoms. The van der Waals surface area contributed by atoms with Crippen LogP contribution in [0.5, 0.6) is 0 Å². The molecule has 0 radical (unpaired) electrons. The maximum absolute atomic E-state index is 2.45. The van der Waals surface area contributed by atoms with Crippen molar-refractivity contribution < 1.29 is 0 Å². The molecule has 4 heteroatoms. The minimum absolute atomic E-state index is 1.17. The normalized spacial score (nSPS) is 12.1. The molecule has 10 aromatic rings. The average Bonchev–Trinajstić information content (AvgIpc) is 3.83. The van der Waals surface area contributed by atoms with E-state index in [1.54, 1.807) is 0 Å². The van der Waals surface area contributed by atoms with Gasteiger partial charge in [0.2, 0.25) is 0 Å². The van der Waals surface area contributed by atoms with Crippen LogP contribution in [0.15, 0.2) is 146 Å². The smallest absolute Gasteiger partial charge is 0.123 e. The van der Waals surface area contributed by atoms with E-state index in [4.69, 9.17) is 0 Å². The molecule has 0 aliphatic carbocycles. The molecular formula is C42H30N4. The van der Waals surface area contributed by atoms with Gasteiger partial charge < -0.3 is 0 Å². The summed E-state index contributed by atoms with van der Waals surface area (Å²) in [6, 6.07) is 52.8. The Morgan fingerprint density at radius 2 is 0.870 bits per heavy atom. The van der Waals surface area contributed by atoms with Crippen LogP contribution in [0.3, 0.4) is 0 Å². The van der Waals surface area contributed by atoms with Crippen LogP contribution < -0.4 is 0 Å². The highest BCUT2D eigenvalue weighted by Crippen LogP contribution is 2.40. The van der Waals surface area contributed by atoms with Crippen molar-refractivity contribution in [1.82, 2.24) is 17.9 Å². The third kappa shape index (κ3) is 3.28. The Balaban J connectivity index is 1.29. The fourth-order valence-electron chi connectivity index (χ4n) is 7.92. The van der Waals surface area contributed by atoms with Crippen molar-refractivity contribution in [3.05, 3.63) is 157 Å². The second-order valence-electron chi connectivity index (χ2n) is 12.3. The van der Waals surface area contributed by atoms with Crippen LogP contribution in [-0.2, 0) is 0 Å². The summed E-state index contributed by atoms with van der Waals surface area (Å²) in [4.78, 5) is 0. The zero-order valence-corrected chi connectivity index (χ0v) is 25.6. The van der Waals surface area contributed by atoms with E-state index >= 15 is 0 Å². The van der Waals surface area contributed by atoms with Crippen LogP contribution in [0.2, 0.25) is 0 Å². The van der Waals surface area contributed by atoms with Crippen molar-refractivity contribution in [2.75, 3.05) is 0 Å². The van der Waals surface area contributed by atoms with Crippen LogP contribution in [0, 0.1) is 13.8 Å². The molecule has 0 unspecified atom stereocenters. The zero-order valence-electron chi connectivity index (χ0n) is 25.6. The van der Waals surface area contributed by atoms with Crippen molar-refractivity contribution in [3.8, 4) is 22.5 Å². The molecule has 0 bridgehead atoms. The van der Waals surface area contributed by atoms with E-state index in [-0.39, 0.29) is 0 Å². The first kappa shape index (κ1) is 25.3. The quantitative estimate of drug-likeness (QED) is 0.195. The van der Waals surface area contributed by atoms with Gasteiger partial charge in [0.15, 0.2) is 0 Å². The first-order chi connectivity index (χ1) is 22.7. The highest BCUT2D eigenvalue weighted by molar-refractivity contribution is 6.03. The summed E-state index contributed by atoms with van der Waals surface area (Å²) in [7, 11) is 0. The van der Waals surface area contributed by atoms with Crippen LogP contribution in [0.25, 0.3) is 77.7 Å². The number of imidazole rings is 2. The zero-order chi connectivity index (χ0) is 30.5. The number of para-hydroxylation sites is 5. The van der Waals surface area contributed by atoms with Gasteiger partial charge in [-0.3, -0.25) is 17.9 Å². The number of aryl methyl sites for hydroxylation is 2. The fourth-order valence-corrected chi connectivity index (χ4v) is 7.92. The minimum atomic E-state index is 1.17. The predicted octanol–water partition coefficient (Wildman–Crippen LogP) is 10.7. The SMILES string of the molecule is Cc1c(-c2ccc3c(c2C)n2c4ccccc4cc2n3-c2ccccc2)ccc2cc3n(-c4ccccc4)c4ccccc4n3c12. The standard InChI is InChI=1S/C42H30N4/c1-27-33(22-21-30-26-40-43(31-14-5-3-6-15-31)36-19-11-12-20-37(36)46(40)41(27)30)34-23-24-38-42(28(34)2)45-35-18-10-9-13-29(35)25-39(45)44(38)32-16-7-4-8-17-32/h3-26H,1-2H3. The van der Waals surface area contributed by atoms with Crippen LogP contribution in [0.4, 0.5) is 0 Å². The Bertz CT molecular complexity index is 2810. The van der Waals surface area contributed by atoms with Crippen molar-refractivity contribution in [1.29, 1.82) is 0 Å². The van der Waals surface area contributed by atoms with Gasteiger partial charge in [0.05, 0.1) is 33.1 Å². The van der Waals surface area contributed by atoms with Gasteiger partial charge in [0.1, 0.15) is 11.3 Å². The summed E-state index contributed by atoms with van der Waals surface area (Å²) in [5, 5.41) is 2.50. The highest BCUT2D eigenvalue weighted by Gasteiger charge is 2.22. The fraction of sp³-hybridized carbons (Fsp3) is 0.0476. The largest absolute Gasteiger partial charge is 0.294 e. The van der Waals surface area contributed by atoms with Crippen LogP contribution in [-0.4, -0.2) is 17.9 Å². The van der Waals surface area contributed by atoms with Crippen molar-refractivity contribution in [3.63, 3.8) is 0 Å². The number of benzene rings is 6. The summed E-state index contributed by atoms with van der Waals surface area (Å²) in [6.45, 7) is 4.58. The average molecular weight is 591 g/mol. The Labute approximate surface area is 265 Å². The Hall–Kier alpha value is -6.00. The second kappa shape index (κ2) is 9.26. The molecule has 0 atom stereocenters. The molecule has 4 heterocycles. The molecule has 0 aliphatic rings. The van der Waals surface area contributed by atoms with Crippen molar-refractivity contribution in [2.24, 2.45) is 0 Å². The van der Waals surface area contributed by atoms with E-state index in [1.807, 2.05) is 0 Å². The summed E-state index contributed by atoms with van der Waals surface area (Å²) in [5.41, 5.74) is 17.1. The van der Waals surface area contributed by atoms with Gasteiger partial charge in [0, 0.05) is 22.1 Å². The molecule has 4 nitrogen and oxygen atoms in total. The number of hydrogen-bond acceptors (Lipinski definition) is 0. The molecular weight excluding hydrogens is 560 g/mol. The van der Waals surface area contributed by atoms with E-state index in [9.17, 15) is 0 Å². The van der Waals surface area contributed by atoms with Crippen LogP contribution >= 0.6 is 0 Å². The summed E-state index contributed by atoms with van der Waals surface area (Å²) < 4.78 is 9.68. The first-order valence-corrected chi connectivity index (χ1v) is 15.9. The topological polar surface area (TPSA) is 18.7 Å². The third-order valence-corrected chi connectivity index (χ3v) is 9.91. The van der Waals surface area contributed by atoms with E-state index in [0.29, 0.717) is 0 Å². The van der Waals surface area contributed by atoms with Gasteiger partial charge in [-0.1, -0.05) is 84.9 Å². The van der Waals surface area contributed by atoms with Gasteiger partial charge in [0.25, 0.3) is 0 Å². The number of hydrogen-bond donors (Lipinski definition) is 0. The first-order valence-electron chi connectivity index (χ1n) is 15.9. The monoisotopic (exact) mass is 590 g/mol. The molecule has 4 aromatic heterocycles. The maximum Gasteiger partial charge on any atom is 0.123 e. The van der Waals surface area contributed by atoms with E-state index in [0.717, 1.165) is 0 Å². The number of rotatable bonds is 3. The van der Waals surface area contributed by atoms with Crippen LogP contribution in [0.1, 0.15) is 11.1 Å². The number of fused-ring (bicyclic) bond motifs is 10. The summed E-state index contributed by atoms with van der Waals surface area (Å²) >= 11 is 0. The summed E-state index contributed by atoms with van der Waals surface area (Å²) in [5.74, 6) is 0. The lowest BCUT2D eigenvalue weighted by Crippen LogP contribution is -1.95. The molecule has 0 aliphatic heterocycles. The molecule has 218 valence electrons. The molecule has 10 rings (SSSR count). The van der Waals surface area contributed by atoms with Gasteiger partial charge >= 0.3 is 0 Å². The van der Waals surface area contributed by atoms with E-state index < -0.39 is 0 Å². The molecule has 46 heavy (non-hydrogen) atoms. The molecule has 0 N–H and O–H groups in total. The molecule has 0 saturated heterocycles. The van der Waals surface area contributed by atoms with E-state index in [1.165, 1.54) is 88.8 Å². The summed E-state index contributed by atoms with van der Waals surface area (Å²) in [6.07, 6.45) is 0. The Morgan fingerprint density at radius 1 is 0.370 bits per heavy atom. The predicted molar refractivity (Wildman–Crippen MR) is 192 cm³/mol. The molecule has 0 fully saturated rings. The number of nitrogens with zero attached hydrogens (tertiary/aromatic N) is 4. The van der Waals surface area contributed by atoms with Crippen molar-refractivity contribution >= 4 is 55.2 Å². The lowest BCUT2D eigenvalue weighted by molar-refractivity contribution is 1.15. The Morgan fingerprint density at radius 3 is 1.57 bits per heavy atom. The molecule has 0 amide bonds. The molecule has 6 aromatic carbocycles. The molecule has 0 saturated carbocycles. The van der Waals surface area contributed by atoms with Crippen molar-refractivity contribution in [2.45, 2.75) is 13.8 Å². The lowest BCUT2D eigenvalue weighted by atomic mass is 9.94. The maximum atomic E-state index is 2.45. The second-order valence-corrected chi connectivity index (χ2v) is 12.3. The van der Waals surface area contributed by atoms with Gasteiger partial charge in [-0.25, -0.2) is 0 Å². The highest BCUT2D eigenvalue weighted by atomic mass is 15.1. The lowest BCUT2D eigenvalue weighted by Gasteiger charge is -2.13.